The maximum absolute atomic E-state index is 13.0. The number of phenolic OH excluding ortho intramolecular Hbond substituents is 1. The SMILES string of the molecule is Cc1cccc(N2C(=O)C(Cl)=C(Nc3ccc(C(=O)Nc4ccccc4O)cc3)C2=O)c1C. The van der Waals surface area contributed by atoms with Gasteiger partial charge in [-0.05, 0) is 67.4 Å². The van der Waals surface area contributed by atoms with E-state index in [-0.39, 0.29) is 16.5 Å². The molecule has 0 saturated heterocycles. The monoisotopic (exact) mass is 461 g/mol. The largest absolute Gasteiger partial charge is 0.506 e. The molecule has 1 aliphatic heterocycles. The Bertz CT molecular complexity index is 1320. The molecule has 0 fully saturated rings. The maximum Gasteiger partial charge on any atom is 0.283 e. The summed E-state index contributed by atoms with van der Waals surface area (Å²) in [7, 11) is 0. The van der Waals surface area contributed by atoms with Crippen LogP contribution in [-0.2, 0) is 9.59 Å². The number of benzene rings is 3. The molecule has 0 radical (unpaired) electrons. The molecule has 3 aromatic carbocycles. The number of nitrogens with zero attached hydrogens (tertiary/aromatic N) is 1. The van der Waals surface area contributed by atoms with Crippen LogP contribution in [0.5, 0.6) is 5.75 Å². The number of para-hydroxylation sites is 2. The van der Waals surface area contributed by atoms with Crippen molar-refractivity contribution in [2.75, 3.05) is 15.5 Å². The first-order valence-electron chi connectivity index (χ1n) is 10.1. The summed E-state index contributed by atoms with van der Waals surface area (Å²) in [6.07, 6.45) is 0. The molecule has 3 amide bonds. The Morgan fingerprint density at radius 3 is 2.30 bits per heavy atom. The highest BCUT2D eigenvalue weighted by molar-refractivity contribution is 6.53. The van der Waals surface area contributed by atoms with Gasteiger partial charge in [0, 0.05) is 11.3 Å². The third-order valence-electron chi connectivity index (χ3n) is 5.41. The van der Waals surface area contributed by atoms with Crippen molar-refractivity contribution >= 4 is 46.4 Å². The highest BCUT2D eigenvalue weighted by atomic mass is 35.5. The molecule has 0 aliphatic carbocycles. The van der Waals surface area contributed by atoms with Gasteiger partial charge in [0.2, 0.25) is 0 Å². The summed E-state index contributed by atoms with van der Waals surface area (Å²) in [6, 6.07) is 18.1. The highest BCUT2D eigenvalue weighted by Gasteiger charge is 2.39. The van der Waals surface area contributed by atoms with Crippen LogP contribution in [0.2, 0.25) is 0 Å². The summed E-state index contributed by atoms with van der Waals surface area (Å²) in [5.74, 6) is -1.60. The number of amides is 3. The number of carbonyl (C=O) groups is 3. The van der Waals surface area contributed by atoms with Crippen molar-refractivity contribution in [1.29, 1.82) is 0 Å². The Kier molecular flexibility index (Phi) is 5.89. The van der Waals surface area contributed by atoms with Crippen LogP contribution in [0.1, 0.15) is 21.5 Å². The summed E-state index contributed by atoms with van der Waals surface area (Å²) in [5, 5.41) is 15.1. The first-order valence-corrected chi connectivity index (χ1v) is 10.5. The van der Waals surface area contributed by atoms with Gasteiger partial charge in [-0.25, -0.2) is 4.90 Å². The predicted octanol–water partition coefficient (Wildman–Crippen LogP) is 4.70. The molecule has 4 rings (SSSR count). The fraction of sp³-hybridized carbons (Fsp3) is 0.0800. The van der Waals surface area contributed by atoms with Gasteiger partial charge < -0.3 is 15.7 Å². The van der Waals surface area contributed by atoms with E-state index in [0.717, 1.165) is 16.0 Å². The van der Waals surface area contributed by atoms with E-state index in [1.807, 2.05) is 19.9 Å². The fourth-order valence-corrected chi connectivity index (χ4v) is 3.64. The molecule has 0 atom stereocenters. The number of nitrogens with one attached hydrogen (secondary N) is 2. The van der Waals surface area contributed by atoms with Crippen molar-refractivity contribution in [3.63, 3.8) is 0 Å². The van der Waals surface area contributed by atoms with Crippen LogP contribution in [-0.4, -0.2) is 22.8 Å². The van der Waals surface area contributed by atoms with Gasteiger partial charge in [0.05, 0.1) is 11.4 Å². The molecule has 0 saturated carbocycles. The van der Waals surface area contributed by atoms with Crippen LogP contribution in [0.4, 0.5) is 17.1 Å². The molecular formula is C25H20ClN3O4. The van der Waals surface area contributed by atoms with Crippen LogP contribution < -0.4 is 15.5 Å². The summed E-state index contributed by atoms with van der Waals surface area (Å²) in [4.78, 5) is 39.3. The molecule has 8 heteroatoms. The summed E-state index contributed by atoms with van der Waals surface area (Å²) in [5.41, 5.74) is 3.32. The Morgan fingerprint density at radius 1 is 0.909 bits per heavy atom. The second-order valence-electron chi connectivity index (χ2n) is 7.53. The molecule has 0 unspecified atom stereocenters. The minimum Gasteiger partial charge on any atom is -0.506 e. The van der Waals surface area contributed by atoms with Gasteiger partial charge in [-0.15, -0.1) is 0 Å². The molecule has 7 nitrogen and oxygen atoms in total. The lowest BCUT2D eigenvalue weighted by Gasteiger charge is -2.18. The second kappa shape index (κ2) is 8.80. The molecule has 0 spiro atoms. The average molecular weight is 462 g/mol. The van der Waals surface area contributed by atoms with Crippen molar-refractivity contribution in [2.24, 2.45) is 0 Å². The van der Waals surface area contributed by atoms with E-state index in [9.17, 15) is 19.5 Å². The Labute approximate surface area is 195 Å². The Morgan fingerprint density at radius 2 is 1.61 bits per heavy atom. The molecule has 3 N–H and O–H groups in total. The third-order valence-corrected chi connectivity index (χ3v) is 5.76. The van der Waals surface area contributed by atoms with Gasteiger partial charge in [0.15, 0.2) is 0 Å². The number of aryl methyl sites for hydroxylation is 1. The van der Waals surface area contributed by atoms with Crippen molar-refractivity contribution in [1.82, 2.24) is 0 Å². The molecule has 1 heterocycles. The smallest absolute Gasteiger partial charge is 0.283 e. The highest BCUT2D eigenvalue weighted by Crippen LogP contribution is 2.33. The summed E-state index contributed by atoms with van der Waals surface area (Å²) >= 11 is 6.21. The lowest BCUT2D eigenvalue weighted by atomic mass is 10.1. The van der Waals surface area contributed by atoms with Crippen LogP contribution in [0.25, 0.3) is 0 Å². The maximum atomic E-state index is 13.0. The third kappa shape index (κ3) is 4.18. The van der Waals surface area contributed by atoms with Gasteiger partial charge in [-0.2, -0.15) is 0 Å². The predicted molar refractivity (Wildman–Crippen MR) is 127 cm³/mol. The van der Waals surface area contributed by atoms with E-state index in [1.54, 1.807) is 54.6 Å². The van der Waals surface area contributed by atoms with Gasteiger partial charge in [0.1, 0.15) is 16.5 Å². The molecule has 1 aliphatic rings. The molecule has 3 aromatic rings. The minimum absolute atomic E-state index is 0.0333. The number of hydrogen-bond acceptors (Lipinski definition) is 5. The minimum atomic E-state index is -0.600. The zero-order valence-corrected chi connectivity index (χ0v) is 18.6. The van der Waals surface area contributed by atoms with Crippen molar-refractivity contribution < 1.29 is 19.5 Å². The van der Waals surface area contributed by atoms with E-state index < -0.39 is 17.7 Å². The number of phenols is 1. The van der Waals surface area contributed by atoms with E-state index >= 15 is 0 Å². The standard InChI is InChI=1S/C25H20ClN3O4/c1-14-6-5-8-19(15(14)2)29-24(32)21(26)22(25(29)33)27-17-12-10-16(11-13-17)23(31)28-18-7-3-4-9-20(18)30/h3-13,27,30H,1-2H3,(H,28,31). The van der Waals surface area contributed by atoms with Gasteiger partial charge in [0.25, 0.3) is 17.7 Å². The Hall–Kier alpha value is -4.10. The zero-order chi connectivity index (χ0) is 23.7. The lowest BCUT2D eigenvalue weighted by molar-refractivity contribution is -0.120. The van der Waals surface area contributed by atoms with Crippen molar-refractivity contribution in [3.05, 3.63) is 94.1 Å². The van der Waals surface area contributed by atoms with Crippen LogP contribution in [0.3, 0.4) is 0 Å². The quantitative estimate of drug-likeness (QED) is 0.378. The average Bonchev–Trinajstić information content (AvgIpc) is 3.01. The number of imide groups is 1. The van der Waals surface area contributed by atoms with E-state index in [1.165, 1.54) is 6.07 Å². The zero-order valence-electron chi connectivity index (χ0n) is 17.8. The molecule has 166 valence electrons. The fourth-order valence-electron chi connectivity index (χ4n) is 3.43. The van der Waals surface area contributed by atoms with E-state index in [2.05, 4.69) is 10.6 Å². The van der Waals surface area contributed by atoms with E-state index in [0.29, 0.717) is 22.6 Å². The summed E-state index contributed by atoms with van der Waals surface area (Å²) in [6.45, 7) is 3.73. The number of halogens is 1. The van der Waals surface area contributed by atoms with Gasteiger partial charge in [-0.1, -0.05) is 35.9 Å². The Balaban J connectivity index is 1.51. The normalized spacial score (nSPS) is 13.5. The van der Waals surface area contributed by atoms with Crippen LogP contribution in [0, 0.1) is 13.8 Å². The number of anilines is 3. The van der Waals surface area contributed by atoms with Crippen LogP contribution in [0.15, 0.2) is 77.5 Å². The van der Waals surface area contributed by atoms with Crippen molar-refractivity contribution in [3.8, 4) is 5.75 Å². The first-order chi connectivity index (χ1) is 15.8. The molecular weight excluding hydrogens is 442 g/mol. The first kappa shape index (κ1) is 22.1. The van der Waals surface area contributed by atoms with Crippen LogP contribution >= 0.6 is 11.6 Å². The molecule has 33 heavy (non-hydrogen) atoms. The van der Waals surface area contributed by atoms with Gasteiger partial charge >= 0.3 is 0 Å². The molecule has 0 aromatic heterocycles. The van der Waals surface area contributed by atoms with Crippen molar-refractivity contribution in [2.45, 2.75) is 13.8 Å². The van der Waals surface area contributed by atoms with E-state index in [4.69, 9.17) is 11.6 Å². The summed E-state index contributed by atoms with van der Waals surface area (Å²) < 4.78 is 0. The second-order valence-corrected chi connectivity index (χ2v) is 7.91. The number of aromatic hydroxyl groups is 1. The number of rotatable bonds is 5. The molecule has 0 bridgehead atoms. The number of hydrogen-bond donors (Lipinski definition) is 3. The van der Waals surface area contributed by atoms with Gasteiger partial charge in [-0.3, -0.25) is 14.4 Å². The lowest BCUT2D eigenvalue weighted by Crippen LogP contribution is -2.33. The topological polar surface area (TPSA) is 98.7 Å². The number of carbonyl (C=O) groups excluding carboxylic acids is 3.